The lowest BCUT2D eigenvalue weighted by Crippen LogP contribution is -2.28. The van der Waals surface area contributed by atoms with Gasteiger partial charge >= 0.3 is 0 Å². The Morgan fingerprint density at radius 2 is 2.09 bits per heavy atom. The molecule has 1 aromatic heterocycles. The van der Waals surface area contributed by atoms with Crippen LogP contribution in [0.2, 0.25) is 0 Å². The Hall–Kier alpha value is -2.63. The fraction of sp³-hybridized carbons (Fsp3) is 0.294. The zero-order valence-corrected chi connectivity index (χ0v) is 12.9. The molecule has 1 aromatic carbocycles. The van der Waals surface area contributed by atoms with Gasteiger partial charge in [0.2, 0.25) is 5.91 Å². The number of hydrogen-bond donors (Lipinski definition) is 1. The van der Waals surface area contributed by atoms with E-state index in [2.05, 4.69) is 5.32 Å². The minimum atomic E-state index is -0.316. The van der Waals surface area contributed by atoms with E-state index in [1.807, 2.05) is 0 Å². The van der Waals surface area contributed by atoms with Gasteiger partial charge in [0.05, 0.1) is 6.26 Å². The van der Waals surface area contributed by atoms with Crippen LogP contribution in [-0.4, -0.2) is 30.3 Å². The van der Waals surface area contributed by atoms with Gasteiger partial charge in [-0.15, -0.1) is 0 Å². The molecule has 122 valence electrons. The molecule has 23 heavy (non-hydrogen) atoms. The molecule has 0 spiro atoms. The second kappa shape index (κ2) is 8.12. The highest BCUT2D eigenvalue weighted by Crippen LogP contribution is 2.07. The predicted octanol–water partition coefficient (Wildman–Crippen LogP) is 2.59. The highest BCUT2D eigenvalue weighted by atomic mass is 19.1. The first-order valence-corrected chi connectivity index (χ1v) is 7.36. The summed E-state index contributed by atoms with van der Waals surface area (Å²) < 4.78 is 18.1. The average molecular weight is 318 g/mol. The number of carbonyl (C=O) groups excluding carboxylic acids is 2. The van der Waals surface area contributed by atoms with Crippen LogP contribution in [0.25, 0.3) is 0 Å². The van der Waals surface area contributed by atoms with Crippen LogP contribution < -0.4 is 5.32 Å². The predicted molar refractivity (Wildman–Crippen MR) is 83.1 cm³/mol. The first-order valence-electron chi connectivity index (χ1n) is 7.36. The van der Waals surface area contributed by atoms with Crippen molar-refractivity contribution in [3.8, 4) is 0 Å². The smallest absolute Gasteiger partial charge is 0.286 e. The van der Waals surface area contributed by atoms with Crippen molar-refractivity contribution < 1.29 is 18.4 Å². The number of carbonyl (C=O) groups is 2. The maximum atomic E-state index is 13.1. The summed E-state index contributed by atoms with van der Waals surface area (Å²) in [6, 6.07) is 9.39. The average Bonchev–Trinajstić information content (AvgIpc) is 3.05. The van der Waals surface area contributed by atoms with E-state index in [9.17, 15) is 14.0 Å². The molecule has 2 rings (SSSR count). The number of hydrogen-bond acceptors (Lipinski definition) is 3. The number of benzene rings is 1. The molecular weight excluding hydrogens is 299 g/mol. The maximum Gasteiger partial charge on any atom is 0.286 e. The first kappa shape index (κ1) is 16.7. The largest absolute Gasteiger partial charge is 0.459 e. The Kier molecular flexibility index (Phi) is 5.91. The van der Waals surface area contributed by atoms with Gasteiger partial charge in [-0.3, -0.25) is 9.59 Å². The fourth-order valence-electron chi connectivity index (χ4n) is 2.12. The van der Waals surface area contributed by atoms with Crippen LogP contribution in [0.5, 0.6) is 0 Å². The van der Waals surface area contributed by atoms with Gasteiger partial charge in [-0.2, -0.15) is 0 Å². The van der Waals surface area contributed by atoms with Gasteiger partial charge in [0.15, 0.2) is 5.76 Å². The van der Waals surface area contributed by atoms with Crippen LogP contribution in [0, 0.1) is 5.82 Å². The summed E-state index contributed by atoms with van der Waals surface area (Å²) in [7, 11) is 1.68. The summed E-state index contributed by atoms with van der Waals surface area (Å²) in [4.78, 5) is 25.2. The Labute approximate surface area is 134 Å². The van der Waals surface area contributed by atoms with Crippen LogP contribution in [0.1, 0.15) is 29.0 Å². The Bertz CT molecular complexity index is 656. The molecule has 0 radical (unpaired) electrons. The Balaban J connectivity index is 1.69. The van der Waals surface area contributed by atoms with Crippen molar-refractivity contribution in [2.24, 2.45) is 0 Å². The standard InChI is InChI=1S/C17H19FN2O3/c1-20(12-13-5-2-6-14(18)11-13)16(21)8-3-9-19-17(22)15-7-4-10-23-15/h2,4-7,10-11H,3,8-9,12H2,1H3,(H,19,22). The van der Waals surface area contributed by atoms with Crippen molar-refractivity contribution in [1.29, 1.82) is 0 Å². The van der Waals surface area contributed by atoms with Gasteiger partial charge in [-0.05, 0) is 36.2 Å². The Morgan fingerprint density at radius 3 is 2.78 bits per heavy atom. The van der Waals surface area contributed by atoms with Gasteiger partial charge < -0.3 is 14.6 Å². The van der Waals surface area contributed by atoms with E-state index in [0.29, 0.717) is 25.9 Å². The first-order chi connectivity index (χ1) is 11.1. The third-order valence-corrected chi connectivity index (χ3v) is 3.33. The number of amides is 2. The molecule has 2 aromatic rings. The monoisotopic (exact) mass is 318 g/mol. The van der Waals surface area contributed by atoms with E-state index < -0.39 is 0 Å². The molecule has 1 N–H and O–H groups in total. The lowest BCUT2D eigenvalue weighted by molar-refractivity contribution is -0.130. The number of rotatable bonds is 7. The van der Waals surface area contributed by atoms with E-state index in [-0.39, 0.29) is 23.4 Å². The van der Waals surface area contributed by atoms with Gasteiger partial charge in [0.1, 0.15) is 5.82 Å². The van der Waals surface area contributed by atoms with Crippen molar-refractivity contribution in [3.05, 3.63) is 59.8 Å². The molecule has 0 saturated carbocycles. The van der Waals surface area contributed by atoms with E-state index in [0.717, 1.165) is 5.56 Å². The van der Waals surface area contributed by atoms with Crippen LogP contribution in [0.15, 0.2) is 47.1 Å². The normalized spacial score (nSPS) is 10.3. The molecule has 0 aliphatic heterocycles. The molecule has 0 aliphatic carbocycles. The minimum absolute atomic E-state index is 0.0542. The van der Waals surface area contributed by atoms with Crippen molar-refractivity contribution in [3.63, 3.8) is 0 Å². The summed E-state index contributed by atoms with van der Waals surface area (Å²) in [5.74, 6) is -0.416. The molecule has 0 fully saturated rings. The van der Waals surface area contributed by atoms with E-state index in [1.165, 1.54) is 18.4 Å². The van der Waals surface area contributed by atoms with Gasteiger partial charge in [0, 0.05) is 26.6 Å². The summed E-state index contributed by atoms with van der Waals surface area (Å²) in [6.45, 7) is 0.744. The summed E-state index contributed by atoms with van der Waals surface area (Å²) in [5, 5.41) is 2.68. The van der Waals surface area contributed by atoms with Crippen LogP contribution in [-0.2, 0) is 11.3 Å². The number of nitrogens with zero attached hydrogens (tertiary/aromatic N) is 1. The summed E-state index contributed by atoms with van der Waals surface area (Å²) in [5.41, 5.74) is 0.743. The zero-order valence-electron chi connectivity index (χ0n) is 12.9. The number of furan rings is 1. The molecule has 0 bridgehead atoms. The van der Waals surface area contributed by atoms with Crippen molar-refractivity contribution in [1.82, 2.24) is 10.2 Å². The number of nitrogens with one attached hydrogen (secondary N) is 1. The van der Waals surface area contributed by atoms with Crippen LogP contribution in [0.3, 0.4) is 0 Å². The van der Waals surface area contributed by atoms with E-state index in [1.54, 1.807) is 36.2 Å². The molecule has 0 atom stereocenters. The van der Waals surface area contributed by atoms with Gasteiger partial charge in [-0.1, -0.05) is 12.1 Å². The topological polar surface area (TPSA) is 62.6 Å². The van der Waals surface area contributed by atoms with E-state index >= 15 is 0 Å². The second-order valence-corrected chi connectivity index (χ2v) is 5.22. The lowest BCUT2D eigenvalue weighted by atomic mass is 10.2. The SMILES string of the molecule is CN(Cc1cccc(F)c1)C(=O)CCCNC(=O)c1ccco1. The highest BCUT2D eigenvalue weighted by Gasteiger charge is 2.11. The van der Waals surface area contributed by atoms with E-state index in [4.69, 9.17) is 4.42 Å². The molecule has 0 aliphatic rings. The van der Waals surface area contributed by atoms with Crippen molar-refractivity contribution >= 4 is 11.8 Å². The van der Waals surface area contributed by atoms with Crippen LogP contribution >= 0.6 is 0 Å². The summed E-state index contributed by atoms with van der Waals surface area (Å²) >= 11 is 0. The fourth-order valence-corrected chi connectivity index (χ4v) is 2.12. The Morgan fingerprint density at radius 1 is 1.26 bits per heavy atom. The van der Waals surface area contributed by atoms with Gasteiger partial charge in [-0.25, -0.2) is 4.39 Å². The second-order valence-electron chi connectivity index (χ2n) is 5.22. The van der Waals surface area contributed by atoms with Gasteiger partial charge in [0.25, 0.3) is 5.91 Å². The molecule has 5 nitrogen and oxygen atoms in total. The third-order valence-electron chi connectivity index (χ3n) is 3.33. The zero-order chi connectivity index (χ0) is 16.7. The lowest BCUT2D eigenvalue weighted by Gasteiger charge is -2.17. The maximum absolute atomic E-state index is 13.1. The minimum Gasteiger partial charge on any atom is -0.459 e. The van der Waals surface area contributed by atoms with Crippen molar-refractivity contribution in [2.75, 3.05) is 13.6 Å². The third kappa shape index (κ3) is 5.25. The quantitative estimate of drug-likeness (QED) is 0.798. The molecule has 0 saturated heterocycles. The molecule has 6 heteroatoms. The molecule has 0 unspecified atom stereocenters. The molecule has 2 amide bonds. The summed E-state index contributed by atoms with van der Waals surface area (Å²) in [6.07, 6.45) is 2.27. The number of halogens is 1. The molecule has 1 heterocycles. The van der Waals surface area contributed by atoms with Crippen LogP contribution in [0.4, 0.5) is 4.39 Å². The molecular formula is C17H19FN2O3. The highest BCUT2D eigenvalue weighted by molar-refractivity contribution is 5.91. The van der Waals surface area contributed by atoms with Crippen molar-refractivity contribution in [2.45, 2.75) is 19.4 Å².